The second kappa shape index (κ2) is 6.64. The van der Waals surface area contributed by atoms with Gasteiger partial charge in [0.15, 0.2) is 11.5 Å². The van der Waals surface area contributed by atoms with Gasteiger partial charge in [0, 0.05) is 12.6 Å². The number of para-hydroxylation sites is 2. The first kappa shape index (κ1) is 13.2. The maximum Gasteiger partial charge on any atom is 0.161 e. The highest BCUT2D eigenvalue weighted by molar-refractivity contribution is 5.40. The maximum atomic E-state index is 5.79. The fraction of sp³-hybridized carbons (Fsp3) is 0.267. The van der Waals surface area contributed by atoms with Crippen LogP contribution in [-0.4, -0.2) is 18.2 Å². The molecule has 4 nitrogen and oxygen atoms in total. The molecule has 0 saturated heterocycles. The second-order valence-corrected chi connectivity index (χ2v) is 4.03. The zero-order valence-corrected chi connectivity index (χ0v) is 11.0. The van der Waals surface area contributed by atoms with Crippen LogP contribution in [0.1, 0.15) is 12.5 Å². The molecule has 0 unspecified atom stereocenters. The first-order valence-corrected chi connectivity index (χ1v) is 6.35. The Morgan fingerprint density at radius 1 is 1.05 bits per heavy atom. The number of pyridine rings is 1. The summed E-state index contributed by atoms with van der Waals surface area (Å²) in [7, 11) is 0. The molecule has 1 aromatic heterocycles. The van der Waals surface area contributed by atoms with E-state index in [4.69, 9.17) is 15.2 Å². The van der Waals surface area contributed by atoms with E-state index in [0.717, 1.165) is 23.5 Å². The largest absolute Gasteiger partial charge is 0.490 e. The van der Waals surface area contributed by atoms with Gasteiger partial charge in [-0.15, -0.1) is 0 Å². The lowest BCUT2D eigenvalue weighted by molar-refractivity contribution is 0.279. The molecule has 0 fully saturated rings. The number of nitrogens with zero attached hydrogens (tertiary/aromatic N) is 1. The van der Waals surface area contributed by atoms with Crippen LogP contribution in [-0.2, 0) is 6.42 Å². The Kier molecular flexibility index (Phi) is 4.61. The number of nitrogen functional groups attached to an aromatic ring is 1. The average Bonchev–Trinajstić information content (AvgIpc) is 2.43. The summed E-state index contributed by atoms with van der Waals surface area (Å²) in [5.41, 5.74) is 6.78. The Labute approximate surface area is 113 Å². The van der Waals surface area contributed by atoms with Crippen molar-refractivity contribution < 1.29 is 9.47 Å². The highest BCUT2D eigenvalue weighted by atomic mass is 16.5. The lowest BCUT2D eigenvalue weighted by Gasteiger charge is -2.11. The zero-order valence-electron chi connectivity index (χ0n) is 11.0. The molecule has 1 aromatic carbocycles. The van der Waals surface area contributed by atoms with Crippen molar-refractivity contribution in [1.29, 1.82) is 0 Å². The van der Waals surface area contributed by atoms with Crippen LogP contribution in [0.4, 0.5) is 5.82 Å². The minimum Gasteiger partial charge on any atom is -0.490 e. The number of hydrogen-bond acceptors (Lipinski definition) is 4. The molecule has 1 heterocycles. The van der Waals surface area contributed by atoms with Crippen LogP contribution >= 0.6 is 0 Å². The fourth-order valence-corrected chi connectivity index (χ4v) is 1.78. The lowest BCUT2D eigenvalue weighted by atomic mass is 10.2. The summed E-state index contributed by atoms with van der Waals surface area (Å²) in [4.78, 5) is 4.05. The molecule has 2 rings (SSSR count). The smallest absolute Gasteiger partial charge is 0.161 e. The molecular formula is C15H18N2O2. The molecule has 0 aliphatic heterocycles. The minimum atomic E-state index is 0.542. The molecule has 0 aliphatic carbocycles. The number of nitrogens with two attached hydrogens (primary N) is 1. The lowest BCUT2D eigenvalue weighted by Crippen LogP contribution is -2.06. The Morgan fingerprint density at radius 2 is 1.79 bits per heavy atom. The third-order valence-corrected chi connectivity index (χ3v) is 2.70. The topological polar surface area (TPSA) is 57.4 Å². The molecule has 0 spiro atoms. The van der Waals surface area contributed by atoms with Crippen molar-refractivity contribution >= 4 is 5.82 Å². The van der Waals surface area contributed by atoms with Gasteiger partial charge >= 0.3 is 0 Å². The highest BCUT2D eigenvalue weighted by Crippen LogP contribution is 2.26. The van der Waals surface area contributed by atoms with Gasteiger partial charge in [-0.3, -0.25) is 0 Å². The van der Waals surface area contributed by atoms with E-state index in [1.807, 2.05) is 43.3 Å². The molecule has 2 aromatic rings. The molecule has 0 atom stereocenters. The van der Waals surface area contributed by atoms with E-state index in [1.165, 1.54) is 0 Å². The molecular weight excluding hydrogens is 240 g/mol. The summed E-state index contributed by atoms with van der Waals surface area (Å²) >= 11 is 0. The average molecular weight is 258 g/mol. The predicted molar refractivity (Wildman–Crippen MR) is 75.5 cm³/mol. The van der Waals surface area contributed by atoms with Crippen molar-refractivity contribution in [2.45, 2.75) is 13.3 Å². The number of rotatable bonds is 6. The van der Waals surface area contributed by atoms with Crippen molar-refractivity contribution in [3.8, 4) is 11.5 Å². The third-order valence-electron chi connectivity index (χ3n) is 2.70. The standard InChI is InChI=1S/C15H18N2O2/c1-2-18-13-7-3-4-8-14(13)19-11-9-12-6-5-10-17-15(12)16/h3-8,10H,2,9,11H2,1H3,(H2,16,17). The van der Waals surface area contributed by atoms with E-state index in [-0.39, 0.29) is 0 Å². The van der Waals surface area contributed by atoms with Gasteiger partial charge in [0.1, 0.15) is 5.82 Å². The molecule has 2 N–H and O–H groups in total. The number of aromatic nitrogens is 1. The van der Waals surface area contributed by atoms with Crippen LogP contribution in [0, 0.1) is 0 Å². The SMILES string of the molecule is CCOc1ccccc1OCCc1cccnc1N. The minimum absolute atomic E-state index is 0.542. The number of anilines is 1. The Balaban J connectivity index is 1.94. The molecule has 0 amide bonds. The fourth-order valence-electron chi connectivity index (χ4n) is 1.78. The molecule has 4 heteroatoms. The monoisotopic (exact) mass is 258 g/mol. The van der Waals surface area contributed by atoms with Gasteiger partial charge < -0.3 is 15.2 Å². The third kappa shape index (κ3) is 3.61. The summed E-state index contributed by atoms with van der Waals surface area (Å²) in [6, 6.07) is 11.5. The summed E-state index contributed by atoms with van der Waals surface area (Å²) < 4.78 is 11.2. The molecule has 100 valence electrons. The molecule has 0 saturated carbocycles. The van der Waals surface area contributed by atoms with Crippen molar-refractivity contribution in [3.63, 3.8) is 0 Å². The van der Waals surface area contributed by atoms with Gasteiger partial charge in [0.05, 0.1) is 13.2 Å². The van der Waals surface area contributed by atoms with Crippen molar-refractivity contribution in [2.24, 2.45) is 0 Å². The quantitative estimate of drug-likeness (QED) is 0.865. The Bertz CT molecular complexity index is 529. The summed E-state index contributed by atoms with van der Waals surface area (Å²) in [6.45, 7) is 3.11. The number of ether oxygens (including phenoxy) is 2. The second-order valence-electron chi connectivity index (χ2n) is 4.03. The van der Waals surface area contributed by atoms with Crippen LogP contribution in [0.5, 0.6) is 11.5 Å². The Morgan fingerprint density at radius 3 is 2.47 bits per heavy atom. The molecule has 0 bridgehead atoms. The Hall–Kier alpha value is -2.23. The van der Waals surface area contributed by atoms with Gasteiger partial charge in [-0.1, -0.05) is 18.2 Å². The predicted octanol–water partition coefficient (Wildman–Crippen LogP) is 2.68. The number of hydrogen-bond donors (Lipinski definition) is 1. The molecule has 19 heavy (non-hydrogen) atoms. The highest BCUT2D eigenvalue weighted by Gasteiger charge is 2.04. The summed E-state index contributed by atoms with van der Waals surface area (Å²) in [5, 5.41) is 0. The summed E-state index contributed by atoms with van der Waals surface area (Å²) in [5.74, 6) is 2.08. The summed E-state index contributed by atoms with van der Waals surface area (Å²) in [6.07, 6.45) is 2.41. The van der Waals surface area contributed by atoms with Crippen LogP contribution in [0.3, 0.4) is 0 Å². The van der Waals surface area contributed by atoms with Gasteiger partial charge in [0.25, 0.3) is 0 Å². The first-order chi connectivity index (χ1) is 9.31. The van der Waals surface area contributed by atoms with Crippen LogP contribution in [0.25, 0.3) is 0 Å². The van der Waals surface area contributed by atoms with E-state index in [2.05, 4.69) is 4.98 Å². The van der Waals surface area contributed by atoms with Crippen molar-refractivity contribution in [1.82, 2.24) is 4.98 Å². The van der Waals surface area contributed by atoms with E-state index < -0.39 is 0 Å². The maximum absolute atomic E-state index is 5.79. The van der Waals surface area contributed by atoms with Crippen LogP contribution < -0.4 is 15.2 Å². The van der Waals surface area contributed by atoms with E-state index in [9.17, 15) is 0 Å². The van der Waals surface area contributed by atoms with Crippen molar-refractivity contribution in [3.05, 3.63) is 48.2 Å². The number of benzene rings is 1. The van der Waals surface area contributed by atoms with Gasteiger partial charge in [0.2, 0.25) is 0 Å². The zero-order chi connectivity index (χ0) is 13.5. The van der Waals surface area contributed by atoms with Crippen LogP contribution in [0.2, 0.25) is 0 Å². The van der Waals surface area contributed by atoms with Crippen molar-refractivity contribution in [2.75, 3.05) is 18.9 Å². The molecule has 0 aliphatic rings. The van der Waals surface area contributed by atoms with Crippen LogP contribution in [0.15, 0.2) is 42.6 Å². The van der Waals surface area contributed by atoms with Gasteiger partial charge in [-0.25, -0.2) is 4.98 Å². The molecule has 0 radical (unpaired) electrons. The van der Waals surface area contributed by atoms with E-state index in [0.29, 0.717) is 19.0 Å². The van der Waals surface area contributed by atoms with E-state index >= 15 is 0 Å². The van der Waals surface area contributed by atoms with Gasteiger partial charge in [-0.2, -0.15) is 0 Å². The van der Waals surface area contributed by atoms with Gasteiger partial charge in [-0.05, 0) is 30.7 Å². The normalized spacial score (nSPS) is 10.2. The first-order valence-electron chi connectivity index (χ1n) is 6.35. The van der Waals surface area contributed by atoms with E-state index in [1.54, 1.807) is 6.20 Å².